The van der Waals surface area contributed by atoms with E-state index in [4.69, 9.17) is 23.2 Å². The van der Waals surface area contributed by atoms with Crippen LogP contribution in [0.25, 0.3) is 0 Å². The van der Waals surface area contributed by atoms with Gasteiger partial charge in [0.2, 0.25) is 0 Å². The third kappa shape index (κ3) is 4.23. The van der Waals surface area contributed by atoms with E-state index in [1.807, 2.05) is 6.92 Å². The van der Waals surface area contributed by atoms with Crippen molar-refractivity contribution in [2.75, 3.05) is 0 Å². The van der Waals surface area contributed by atoms with Crippen molar-refractivity contribution in [3.63, 3.8) is 0 Å². The summed E-state index contributed by atoms with van der Waals surface area (Å²) in [6.45, 7) is 3.18. The third-order valence-electron chi connectivity index (χ3n) is 5.74. The largest absolute Gasteiger partial charge is 0.292 e. The van der Waals surface area contributed by atoms with Gasteiger partial charge in [-0.05, 0) is 38.1 Å². The molecular weight excluding hydrogens is 509 g/mol. The Bertz CT molecular complexity index is 1450. The molecule has 0 unspecified atom stereocenters. The van der Waals surface area contributed by atoms with Crippen LogP contribution in [0.15, 0.2) is 60.7 Å². The molecule has 0 aliphatic carbocycles. The molecule has 182 valence electrons. The number of ketones is 1. The van der Waals surface area contributed by atoms with Crippen molar-refractivity contribution in [1.82, 2.24) is 10.0 Å². The first-order valence-electron chi connectivity index (χ1n) is 10.6. The second kappa shape index (κ2) is 9.52. The quantitative estimate of drug-likeness (QED) is 0.190. The van der Waals surface area contributed by atoms with Crippen molar-refractivity contribution in [2.24, 2.45) is 0 Å². The van der Waals surface area contributed by atoms with E-state index in [1.54, 1.807) is 24.3 Å². The van der Waals surface area contributed by atoms with Crippen molar-refractivity contribution in [3.8, 4) is 0 Å². The molecule has 0 N–H and O–H groups in total. The van der Waals surface area contributed by atoms with Crippen LogP contribution < -0.4 is 0 Å². The van der Waals surface area contributed by atoms with E-state index in [0.717, 1.165) is 11.6 Å². The summed E-state index contributed by atoms with van der Waals surface area (Å²) in [5.41, 5.74) is -0.325. The maximum absolute atomic E-state index is 13.7. The Kier molecular flexibility index (Phi) is 6.62. The molecule has 3 amide bonds. The predicted molar refractivity (Wildman–Crippen MR) is 131 cm³/mol. The Hall–Kier alpha value is -4.08. The minimum atomic E-state index is -1.37. The number of amides is 3. The van der Waals surface area contributed by atoms with Gasteiger partial charge in [-0.15, -0.1) is 0 Å². The number of carbonyl (C=O) groups excluding carboxylic acids is 4. The first-order chi connectivity index (χ1) is 17.0. The zero-order valence-corrected chi connectivity index (χ0v) is 20.4. The number of hydrogen-bond donors (Lipinski definition) is 0. The van der Waals surface area contributed by atoms with Crippen LogP contribution in [0.3, 0.4) is 0 Å². The lowest BCUT2D eigenvalue weighted by Gasteiger charge is -2.34. The number of carbonyl (C=O) groups is 4. The number of benzene rings is 3. The number of fused-ring (bicyclic) bond motifs is 1. The van der Waals surface area contributed by atoms with Crippen LogP contribution in [0, 0.1) is 17.0 Å². The average Bonchev–Trinajstić information content (AvgIpc) is 3.09. The molecule has 36 heavy (non-hydrogen) atoms. The lowest BCUT2D eigenvalue weighted by atomic mass is 10.0. The molecule has 0 bridgehead atoms. The SMILES string of the molecule is Cc1ccc(C(=O)[C@H](C)N(C(=O)c2ccc(Cl)cc2Cl)N2C(=O)c3cccc([N+](=O)[O-])c3C2=O)cc1. The van der Waals surface area contributed by atoms with Crippen molar-refractivity contribution >= 4 is 52.4 Å². The van der Waals surface area contributed by atoms with Crippen molar-refractivity contribution in [2.45, 2.75) is 19.9 Å². The van der Waals surface area contributed by atoms with Crippen LogP contribution in [-0.2, 0) is 0 Å². The second-order valence-electron chi connectivity index (χ2n) is 8.06. The zero-order valence-electron chi connectivity index (χ0n) is 18.9. The van der Waals surface area contributed by atoms with Crippen molar-refractivity contribution < 1.29 is 24.1 Å². The Labute approximate surface area is 214 Å². The molecule has 0 fully saturated rings. The summed E-state index contributed by atoms with van der Waals surface area (Å²) in [4.78, 5) is 64.6. The highest BCUT2D eigenvalue weighted by atomic mass is 35.5. The number of nitrogens with zero attached hydrogens (tertiary/aromatic N) is 3. The topological polar surface area (TPSA) is 118 Å². The van der Waals surface area contributed by atoms with Crippen LogP contribution in [0.1, 0.15) is 53.9 Å². The number of imide groups is 1. The van der Waals surface area contributed by atoms with Gasteiger partial charge in [0.25, 0.3) is 23.4 Å². The summed E-state index contributed by atoms with van der Waals surface area (Å²) < 4.78 is 0. The minimum Gasteiger partial charge on any atom is -0.292 e. The van der Waals surface area contributed by atoms with E-state index in [2.05, 4.69) is 0 Å². The molecule has 0 saturated carbocycles. The molecule has 0 saturated heterocycles. The molecule has 4 rings (SSSR count). The first kappa shape index (κ1) is 25.0. The number of nitro benzene ring substituents is 1. The second-order valence-corrected chi connectivity index (χ2v) is 8.90. The maximum Gasteiger partial charge on any atom is 0.287 e. The van der Waals surface area contributed by atoms with Gasteiger partial charge in [-0.3, -0.25) is 29.3 Å². The number of nitro groups is 1. The van der Waals surface area contributed by atoms with Gasteiger partial charge in [0.1, 0.15) is 11.6 Å². The first-order valence-corrected chi connectivity index (χ1v) is 11.3. The van der Waals surface area contributed by atoms with Crippen LogP contribution in [0.4, 0.5) is 5.69 Å². The summed E-state index contributed by atoms with van der Waals surface area (Å²) in [5.74, 6) is -3.61. The summed E-state index contributed by atoms with van der Waals surface area (Å²) in [5, 5.41) is 12.8. The fraction of sp³-hybridized carbons (Fsp3) is 0.120. The van der Waals surface area contributed by atoms with E-state index in [-0.39, 0.29) is 26.7 Å². The van der Waals surface area contributed by atoms with Gasteiger partial charge in [-0.1, -0.05) is 59.1 Å². The number of rotatable bonds is 6. The summed E-state index contributed by atoms with van der Waals surface area (Å²) in [6, 6.07) is 12.7. The smallest absolute Gasteiger partial charge is 0.287 e. The molecule has 0 spiro atoms. The Morgan fingerprint density at radius 1 is 1.00 bits per heavy atom. The average molecular weight is 526 g/mol. The number of Topliss-reactive ketones (excluding diaryl/α,β-unsaturated/α-hetero) is 1. The summed E-state index contributed by atoms with van der Waals surface area (Å²) >= 11 is 12.2. The Morgan fingerprint density at radius 3 is 2.28 bits per heavy atom. The van der Waals surface area contributed by atoms with Gasteiger partial charge >= 0.3 is 0 Å². The van der Waals surface area contributed by atoms with Crippen LogP contribution in [0.5, 0.6) is 0 Å². The van der Waals surface area contributed by atoms with Gasteiger partial charge in [0.05, 0.1) is 21.1 Å². The molecule has 0 aromatic heterocycles. The lowest BCUT2D eigenvalue weighted by molar-refractivity contribution is -0.385. The molecule has 1 aliphatic heterocycles. The van der Waals surface area contributed by atoms with E-state index in [9.17, 15) is 29.3 Å². The van der Waals surface area contributed by atoms with Crippen LogP contribution in [-0.4, -0.2) is 44.5 Å². The molecule has 9 nitrogen and oxygen atoms in total. The molecule has 3 aromatic carbocycles. The number of hydrazine groups is 1. The number of aryl methyl sites for hydroxylation is 1. The summed E-state index contributed by atoms with van der Waals surface area (Å²) in [6.07, 6.45) is 0. The molecular formula is C25H17Cl2N3O6. The highest BCUT2D eigenvalue weighted by Gasteiger charge is 2.48. The van der Waals surface area contributed by atoms with E-state index >= 15 is 0 Å². The number of hydrogen-bond acceptors (Lipinski definition) is 6. The Balaban J connectivity index is 1.86. The van der Waals surface area contributed by atoms with Gasteiger partial charge in [0, 0.05) is 16.7 Å². The van der Waals surface area contributed by atoms with Crippen molar-refractivity contribution in [3.05, 3.63) is 109 Å². The molecule has 1 atom stereocenters. The molecule has 3 aromatic rings. The predicted octanol–water partition coefficient (Wildman–Crippen LogP) is 5.13. The maximum atomic E-state index is 13.7. The monoisotopic (exact) mass is 525 g/mol. The molecule has 11 heteroatoms. The lowest BCUT2D eigenvalue weighted by Crippen LogP contribution is -2.56. The van der Waals surface area contributed by atoms with Crippen molar-refractivity contribution in [1.29, 1.82) is 0 Å². The highest BCUT2D eigenvalue weighted by molar-refractivity contribution is 6.37. The standard InChI is InChI=1S/C25H17Cl2N3O6/c1-13-6-8-15(9-7-13)22(31)14(2)28(23(32)17-11-10-16(26)12-19(17)27)29-24(33)18-4-3-5-20(30(35)36)21(18)25(29)34/h3-12,14H,1-2H3/t14-/m0/s1. The fourth-order valence-electron chi connectivity index (χ4n) is 3.90. The van der Waals surface area contributed by atoms with E-state index in [0.29, 0.717) is 10.0 Å². The third-order valence-corrected chi connectivity index (χ3v) is 6.28. The highest BCUT2D eigenvalue weighted by Crippen LogP contribution is 2.34. The van der Waals surface area contributed by atoms with Gasteiger partial charge in [-0.25, -0.2) is 5.01 Å². The minimum absolute atomic E-state index is 0.0740. The van der Waals surface area contributed by atoms with E-state index in [1.165, 1.54) is 37.3 Å². The van der Waals surface area contributed by atoms with Gasteiger partial charge in [-0.2, -0.15) is 5.01 Å². The Morgan fingerprint density at radius 2 is 1.67 bits per heavy atom. The number of halogens is 2. The molecule has 0 radical (unpaired) electrons. The molecule has 1 heterocycles. The van der Waals surface area contributed by atoms with Crippen LogP contribution >= 0.6 is 23.2 Å². The van der Waals surface area contributed by atoms with Gasteiger partial charge in [0.15, 0.2) is 5.78 Å². The summed E-state index contributed by atoms with van der Waals surface area (Å²) in [7, 11) is 0. The molecule has 1 aliphatic rings. The normalized spacial score (nSPS) is 13.4. The van der Waals surface area contributed by atoms with Crippen LogP contribution in [0.2, 0.25) is 10.0 Å². The fourth-order valence-corrected chi connectivity index (χ4v) is 4.39. The zero-order chi connectivity index (χ0) is 26.3. The van der Waals surface area contributed by atoms with Gasteiger partial charge < -0.3 is 0 Å². The van der Waals surface area contributed by atoms with E-state index < -0.39 is 45.7 Å².